The molecule has 0 amide bonds. The van der Waals surface area contributed by atoms with E-state index < -0.39 is 0 Å². The van der Waals surface area contributed by atoms with E-state index in [4.69, 9.17) is 9.15 Å². The molecule has 2 aliphatic rings. The molecule has 2 aromatic carbocycles. The van der Waals surface area contributed by atoms with Gasteiger partial charge >= 0.3 is 0 Å². The molecule has 0 bridgehead atoms. The average molecular weight is 306 g/mol. The molecule has 114 valence electrons. The van der Waals surface area contributed by atoms with Crippen molar-refractivity contribution in [1.82, 2.24) is 9.78 Å². The fraction of sp³-hybridized carbons (Fsp3) is 0.111. The van der Waals surface area contributed by atoms with Gasteiger partial charge < -0.3 is 9.15 Å². The first-order valence-corrected chi connectivity index (χ1v) is 7.42. The molecule has 2 heterocycles. The molecule has 0 unspecified atom stereocenters. The number of aromatic nitrogens is 2. The molecule has 0 saturated heterocycles. The molecule has 2 aliphatic heterocycles. The lowest BCUT2D eigenvalue weighted by atomic mass is 10.1. The summed E-state index contributed by atoms with van der Waals surface area (Å²) >= 11 is 0. The molecule has 0 atom stereocenters. The predicted molar refractivity (Wildman–Crippen MR) is 87.4 cm³/mol. The van der Waals surface area contributed by atoms with Gasteiger partial charge in [-0.1, -0.05) is 30.3 Å². The van der Waals surface area contributed by atoms with Gasteiger partial charge in [0.2, 0.25) is 5.89 Å². The van der Waals surface area contributed by atoms with Crippen molar-refractivity contribution in [2.75, 3.05) is 6.61 Å². The standard InChI is InChI=1S/C18H14N2O3/c1-2-22-15-10-6-7-12-11-14-17(23-16(12)15)19-20(18(14)21)13-8-4-3-5-9-13/h3-11H,2H2,1H3. The summed E-state index contributed by atoms with van der Waals surface area (Å²) in [6.07, 6.45) is 0. The Balaban J connectivity index is 2.00. The molecule has 0 radical (unpaired) electrons. The third-order valence-electron chi connectivity index (χ3n) is 3.65. The minimum Gasteiger partial charge on any atom is -0.490 e. The van der Waals surface area contributed by atoms with E-state index in [2.05, 4.69) is 5.10 Å². The number of nitrogens with zero attached hydrogens (tertiary/aromatic N) is 2. The Kier molecular flexibility index (Phi) is 3.12. The third-order valence-corrected chi connectivity index (χ3v) is 3.65. The van der Waals surface area contributed by atoms with Gasteiger partial charge in [0.1, 0.15) is 5.56 Å². The lowest BCUT2D eigenvalue weighted by molar-refractivity contribution is 0.338. The predicted octanol–water partition coefficient (Wildman–Crippen LogP) is 3.48. The first kappa shape index (κ1) is 13.6. The van der Waals surface area contributed by atoms with Crippen LogP contribution in [0.4, 0.5) is 0 Å². The van der Waals surface area contributed by atoms with Crippen LogP contribution in [0.2, 0.25) is 0 Å². The van der Waals surface area contributed by atoms with Gasteiger partial charge in [0.15, 0.2) is 11.3 Å². The average Bonchev–Trinajstić information content (AvgIpc) is 2.91. The Bertz CT molecular complexity index is 1000. The van der Waals surface area contributed by atoms with Crippen LogP contribution in [0.5, 0.6) is 5.75 Å². The van der Waals surface area contributed by atoms with Crippen molar-refractivity contribution in [3.63, 3.8) is 0 Å². The Morgan fingerprint density at radius 3 is 2.74 bits per heavy atom. The first-order valence-electron chi connectivity index (χ1n) is 7.42. The lowest BCUT2D eigenvalue weighted by Gasteiger charge is -2.06. The number of hydrogen-bond acceptors (Lipinski definition) is 4. The van der Waals surface area contributed by atoms with Crippen LogP contribution in [0.1, 0.15) is 6.92 Å². The van der Waals surface area contributed by atoms with Gasteiger partial charge in [-0.3, -0.25) is 4.79 Å². The maximum atomic E-state index is 12.6. The lowest BCUT2D eigenvalue weighted by Crippen LogP contribution is -2.14. The van der Waals surface area contributed by atoms with Crippen LogP contribution in [-0.4, -0.2) is 16.4 Å². The topological polar surface area (TPSA) is 57.3 Å². The van der Waals surface area contributed by atoms with Crippen LogP contribution in [0.25, 0.3) is 28.1 Å². The minimum absolute atomic E-state index is 0.196. The summed E-state index contributed by atoms with van der Waals surface area (Å²) in [5, 5.41) is 5.13. The number of para-hydroxylation sites is 2. The van der Waals surface area contributed by atoms with Crippen molar-refractivity contribution in [2.45, 2.75) is 6.92 Å². The molecule has 2 aromatic rings. The Labute approximate surface area is 132 Å². The number of rotatable bonds is 3. The molecular weight excluding hydrogens is 292 g/mol. The van der Waals surface area contributed by atoms with Crippen LogP contribution in [0.15, 0.2) is 63.8 Å². The van der Waals surface area contributed by atoms with Gasteiger partial charge in [0.25, 0.3) is 5.56 Å². The van der Waals surface area contributed by atoms with E-state index in [9.17, 15) is 4.79 Å². The van der Waals surface area contributed by atoms with Gasteiger partial charge in [0.05, 0.1) is 12.3 Å². The van der Waals surface area contributed by atoms with Crippen LogP contribution < -0.4 is 10.3 Å². The zero-order chi connectivity index (χ0) is 15.8. The number of fused-ring (bicyclic) bond motifs is 2. The van der Waals surface area contributed by atoms with Gasteiger partial charge in [-0.15, -0.1) is 5.10 Å². The summed E-state index contributed by atoms with van der Waals surface area (Å²) in [7, 11) is 0. The maximum absolute atomic E-state index is 12.6. The van der Waals surface area contributed by atoms with E-state index in [1.807, 2.05) is 55.5 Å². The molecular formula is C18H14N2O3. The van der Waals surface area contributed by atoms with Crippen LogP contribution >= 0.6 is 0 Å². The summed E-state index contributed by atoms with van der Waals surface area (Å²) in [4.78, 5) is 12.6. The Hall–Kier alpha value is -3.08. The van der Waals surface area contributed by atoms with Gasteiger partial charge in [-0.2, -0.15) is 4.68 Å². The van der Waals surface area contributed by atoms with Crippen molar-refractivity contribution in [3.05, 3.63) is 65.0 Å². The molecule has 5 nitrogen and oxygen atoms in total. The van der Waals surface area contributed by atoms with Gasteiger partial charge in [-0.05, 0) is 31.2 Å². The van der Waals surface area contributed by atoms with E-state index >= 15 is 0 Å². The van der Waals surface area contributed by atoms with Gasteiger partial charge in [0, 0.05) is 5.39 Å². The number of benzene rings is 2. The highest BCUT2D eigenvalue weighted by Gasteiger charge is 2.20. The molecule has 4 rings (SSSR count). The summed E-state index contributed by atoms with van der Waals surface area (Å²) in [6.45, 7) is 2.45. The fourth-order valence-corrected chi connectivity index (χ4v) is 2.62. The maximum Gasteiger partial charge on any atom is 0.284 e. The normalized spacial score (nSPS) is 11.2. The van der Waals surface area contributed by atoms with Crippen LogP contribution in [0.3, 0.4) is 0 Å². The van der Waals surface area contributed by atoms with E-state index in [1.165, 1.54) is 4.68 Å². The molecule has 0 N–H and O–H groups in total. The van der Waals surface area contributed by atoms with Crippen molar-refractivity contribution >= 4 is 11.0 Å². The molecule has 0 spiro atoms. The second-order valence-corrected chi connectivity index (χ2v) is 5.13. The molecule has 0 aromatic heterocycles. The second-order valence-electron chi connectivity index (χ2n) is 5.13. The largest absolute Gasteiger partial charge is 0.490 e. The van der Waals surface area contributed by atoms with E-state index in [0.717, 1.165) is 5.39 Å². The number of hydrogen-bond donors (Lipinski definition) is 0. The quantitative estimate of drug-likeness (QED) is 0.581. The summed E-state index contributed by atoms with van der Waals surface area (Å²) in [6, 6.07) is 16.7. The zero-order valence-electron chi connectivity index (χ0n) is 12.5. The van der Waals surface area contributed by atoms with Crippen molar-refractivity contribution in [1.29, 1.82) is 0 Å². The summed E-state index contributed by atoms with van der Waals surface area (Å²) < 4.78 is 12.8. The molecule has 0 fully saturated rings. The molecule has 0 saturated carbocycles. The van der Waals surface area contributed by atoms with Crippen LogP contribution in [0, 0.1) is 0 Å². The van der Waals surface area contributed by atoms with Crippen molar-refractivity contribution < 1.29 is 9.15 Å². The molecule has 23 heavy (non-hydrogen) atoms. The van der Waals surface area contributed by atoms with Crippen molar-refractivity contribution in [2.24, 2.45) is 0 Å². The highest BCUT2D eigenvalue weighted by atomic mass is 16.5. The van der Waals surface area contributed by atoms with E-state index in [1.54, 1.807) is 6.07 Å². The second kappa shape index (κ2) is 5.28. The summed E-state index contributed by atoms with van der Waals surface area (Å²) in [5.74, 6) is 0.951. The molecule has 0 aliphatic carbocycles. The van der Waals surface area contributed by atoms with Crippen molar-refractivity contribution in [3.8, 4) is 22.9 Å². The Morgan fingerprint density at radius 2 is 1.96 bits per heavy atom. The molecule has 5 heteroatoms. The fourth-order valence-electron chi connectivity index (χ4n) is 2.62. The van der Waals surface area contributed by atoms with E-state index in [0.29, 0.717) is 35.1 Å². The monoisotopic (exact) mass is 306 g/mol. The SMILES string of the molecule is CCOc1cccc2cc3c(=O)n(-c4ccccc4)nc-3oc12. The van der Waals surface area contributed by atoms with Crippen LogP contribution in [-0.2, 0) is 0 Å². The van der Waals surface area contributed by atoms with E-state index in [-0.39, 0.29) is 5.56 Å². The van der Waals surface area contributed by atoms with Gasteiger partial charge in [-0.25, -0.2) is 0 Å². The third kappa shape index (κ3) is 2.17. The highest BCUT2D eigenvalue weighted by Crippen LogP contribution is 2.31. The summed E-state index contributed by atoms with van der Waals surface area (Å²) in [5.41, 5.74) is 1.56. The smallest absolute Gasteiger partial charge is 0.284 e. The minimum atomic E-state index is -0.196. The highest BCUT2D eigenvalue weighted by molar-refractivity contribution is 5.86. The Morgan fingerprint density at radius 1 is 1.13 bits per heavy atom. The first-order chi connectivity index (χ1) is 11.3. The zero-order valence-corrected chi connectivity index (χ0v) is 12.5. The number of ether oxygens (including phenoxy) is 1.